The molecular formula is C26H55NO2Sn. The first-order valence-electron chi connectivity index (χ1n) is 13.5. The standard InChI is InChI=1S/C14H28NO2.3C4H9.Sn/c1-4-10-17-14-7-8-15(3)11-13(14)12(2)6-5-9-16;3*1-3-4-2;/h12-14,16H,2,4-11H2,1,3H3;3*1,3-4H2,2H3;. The van der Waals surface area contributed by atoms with Crippen LogP contribution >= 0.6 is 0 Å². The summed E-state index contributed by atoms with van der Waals surface area (Å²) in [5.41, 5.74) is 0. The fourth-order valence-corrected chi connectivity index (χ4v) is 23.7. The van der Waals surface area contributed by atoms with E-state index in [2.05, 4.69) is 39.6 Å². The Labute approximate surface area is 193 Å². The van der Waals surface area contributed by atoms with Crippen molar-refractivity contribution in [2.75, 3.05) is 33.4 Å². The number of ether oxygens (including phenoxy) is 1. The van der Waals surface area contributed by atoms with Gasteiger partial charge in [-0.1, -0.05) is 0 Å². The molecule has 0 bridgehead atoms. The van der Waals surface area contributed by atoms with Crippen LogP contribution < -0.4 is 0 Å². The van der Waals surface area contributed by atoms with Crippen molar-refractivity contribution in [3.05, 3.63) is 0 Å². The Morgan fingerprint density at radius 3 is 2.03 bits per heavy atom. The molecule has 1 aliphatic rings. The average Bonchev–Trinajstić information content (AvgIpc) is 2.76. The van der Waals surface area contributed by atoms with Crippen molar-refractivity contribution in [1.29, 1.82) is 0 Å². The van der Waals surface area contributed by atoms with Crippen LogP contribution in [0, 0.1) is 11.8 Å². The second kappa shape index (κ2) is 17.2. The van der Waals surface area contributed by atoms with E-state index in [-0.39, 0.29) is 0 Å². The van der Waals surface area contributed by atoms with Crippen LogP contribution in [0.5, 0.6) is 0 Å². The normalized spacial score (nSPS) is 21.8. The first kappa shape index (κ1) is 28.7. The first-order valence-corrected chi connectivity index (χ1v) is 21.5. The fraction of sp³-hybridized carbons (Fsp3) is 1.00. The molecule has 4 heteroatoms. The van der Waals surface area contributed by atoms with Crippen LogP contribution in [0.1, 0.15) is 91.9 Å². The summed E-state index contributed by atoms with van der Waals surface area (Å²) in [6, 6.07) is 0. The van der Waals surface area contributed by atoms with E-state index in [9.17, 15) is 5.11 Å². The van der Waals surface area contributed by atoms with Crippen molar-refractivity contribution in [2.24, 2.45) is 11.8 Å². The summed E-state index contributed by atoms with van der Waals surface area (Å²) in [6.45, 7) is 13.0. The molecule has 0 aromatic heterocycles. The van der Waals surface area contributed by atoms with Gasteiger partial charge < -0.3 is 0 Å². The molecular weight excluding hydrogens is 477 g/mol. The van der Waals surface area contributed by atoms with Crippen molar-refractivity contribution in [3.63, 3.8) is 0 Å². The van der Waals surface area contributed by atoms with Crippen molar-refractivity contribution < 1.29 is 9.84 Å². The molecule has 0 aliphatic carbocycles. The maximum absolute atomic E-state index is 9.67. The zero-order chi connectivity index (χ0) is 22.2. The molecule has 1 aliphatic heterocycles. The number of rotatable bonds is 18. The van der Waals surface area contributed by atoms with E-state index in [1.807, 2.05) is 0 Å². The van der Waals surface area contributed by atoms with Gasteiger partial charge in [0.25, 0.3) is 0 Å². The van der Waals surface area contributed by atoms with Gasteiger partial charge in [0.15, 0.2) is 0 Å². The fourth-order valence-electron chi connectivity index (χ4n) is 5.77. The number of hydrogen-bond donors (Lipinski definition) is 1. The van der Waals surface area contributed by atoms with Crippen LogP contribution in [-0.2, 0) is 4.74 Å². The molecule has 1 heterocycles. The van der Waals surface area contributed by atoms with Gasteiger partial charge in [0.2, 0.25) is 0 Å². The predicted octanol–water partition coefficient (Wildman–Crippen LogP) is 6.97. The molecule has 0 radical (unpaired) electrons. The van der Waals surface area contributed by atoms with Gasteiger partial charge in [-0.2, -0.15) is 0 Å². The van der Waals surface area contributed by atoms with Crippen LogP contribution in [0.3, 0.4) is 0 Å². The number of hydrogen-bond acceptors (Lipinski definition) is 3. The molecule has 1 saturated heterocycles. The van der Waals surface area contributed by atoms with Gasteiger partial charge in [-0.3, -0.25) is 0 Å². The molecule has 0 aromatic rings. The first-order chi connectivity index (χ1) is 14.6. The molecule has 0 spiro atoms. The van der Waals surface area contributed by atoms with Crippen LogP contribution in [0.25, 0.3) is 0 Å². The number of aliphatic hydroxyl groups excluding tert-OH is 1. The summed E-state index contributed by atoms with van der Waals surface area (Å²) in [5, 5.41) is 9.67. The molecule has 1 fully saturated rings. The molecule has 3 nitrogen and oxygen atoms in total. The predicted molar refractivity (Wildman–Crippen MR) is 135 cm³/mol. The summed E-state index contributed by atoms with van der Waals surface area (Å²) in [7, 11) is 2.30. The van der Waals surface area contributed by atoms with Gasteiger partial charge in [-0.25, -0.2) is 0 Å². The van der Waals surface area contributed by atoms with E-state index in [1.165, 1.54) is 64.5 Å². The number of nitrogens with zero attached hydrogens (tertiary/aromatic N) is 1. The minimum absolute atomic E-state index is 0.348. The van der Waals surface area contributed by atoms with Crippen molar-refractivity contribution in [3.8, 4) is 0 Å². The van der Waals surface area contributed by atoms with E-state index in [0.717, 1.165) is 25.4 Å². The second-order valence-corrected chi connectivity index (χ2v) is 24.3. The number of likely N-dealkylation sites (tertiary alicyclic amines) is 1. The van der Waals surface area contributed by atoms with Gasteiger partial charge in [0.05, 0.1) is 0 Å². The summed E-state index contributed by atoms with van der Waals surface area (Å²) >= 11 is -2.21. The zero-order valence-corrected chi connectivity index (χ0v) is 24.1. The number of piperidine rings is 1. The molecule has 0 amide bonds. The third-order valence-corrected chi connectivity index (χ3v) is 23.6. The summed E-state index contributed by atoms with van der Waals surface area (Å²) < 4.78 is 12.8. The van der Waals surface area contributed by atoms with E-state index < -0.39 is 18.4 Å². The average molecular weight is 532 g/mol. The third-order valence-electron chi connectivity index (χ3n) is 7.55. The summed E-state index contributed by atoms with van der Waals surface area (Å²) in [6.07, 6.45) is 13.4. The zero-order valence-electron chi connectivity index (χ0n) is 21.3. The van der Waals surface area contributed by atoms with Crippen LogP contribution in [0.2, 0.25) is 17.7 Å². The van der Waals surface area contributed by atoms with E-state index in [0.29, 0.717) is 18.6 Å². The molecule has 0 aromatic carbocycles. The second-order valence-electron chi connectivity index (χ2n) is 10.3. The summed E-state index contributed by atoms with van der Waals surface area (Å²) in [5.74, 6) is 1.44. The quantitative estimate of drug-likeness (QED) is 0.194. The van der Waals surface area contributed by atoms with Crippen molar-refractivity contribution >= 4 is 18.4 Å². The molecule has 3 atom stereocenters. The van der Waals surface area contributed by atoms with Crippen LogP contribution in [0.4, 0.5) is 0 Å². The van der Waals surface area contributed by atoms with Gasteiger partial charge >= 0.3 is 194 Å². The Balaban J connectivity index is 3.10. The SMILES string of the molecule is CCC[CH2][Sn]([CH2]CCC)([CH2]CCC)[CH2]C(CCCO)C1CN(C)CCC1OCCC. The number of aliphatic hydroxyl groups is 1. The van der Waals surface area contributed by atoms with Gasteiger partial charge in [-0.05, 0) is 0 Å². The van der Waals surface area contributed by atoms with Crippen LogP contribution in [0.15, 0.2) is 0 Å². The Hall–Kier alpha value is 0.679. The Morgan fingerprint density at radius 1 is 0.933 bits per heavy atom. The van der Waals surface area contributed by atoms with E-state index >= 15 is 0 Å². The Morgan fingerprint density at radius 2 is 1.53 bits per heavy atom. The van der Waals surface area contributed by atoms with Crippen molar-refractivity contribution in [1.82, 2.24) is 4.90 Å². The molecule has 180 valence electrons. The topological polar surface area (TPSA) is 32.7 Å². The molecule has 1 rings (SSSR count). The molecule has 0 saturated carbocycles. The monoisotopic (exact) mass is 533 g/mol. The van der Waals surface area contributed by atoms with Gasteiger partial charge in [0.1, 0.15) is 0 Å². The number of unbranched alkanes of at least 4 members (excludes halogenated alkanes) is 3. The molecule has 30 heavy (non-hydrogen) atoms. The van der Waals surface area contributed by atoms with E-state index in [1.54, 1.807) is 17.7 Å². The van der Waals surface area contributed by atoms with Gasteiger partial charge in [0, 0.05) is 0 Å². The Kier molecular flexibility index (Phi) is 16.5. The minimum atomic E-state index is -2.21. The molecule has 3 unspecified atom stereocenters. The third kappa shape index (κ3) is 10.5. The molecule has 1 N–H and O–H groups in total. The summed E-state index contributed by atoms with van der Waals surface area (Å²) in [4.78, 5) is 2.55. The Bertz CT molecular complexity index is 383. The van der Waals surface area contributed by atoms with Crippen molar-refractivity contribution in [2.45, 2.75) is 116 Å². The van der Waals surface area contributed by atoms with Crippen LogP contribution in [-0.4, -0.2) is 67.8 Å². The maximum atomic E-state index is 9.67. The van der Waals surface area contributed by atoms with Gasteiger partial charge in [-0.15, -0.1) is 0 Å². The van der Waals surface area contributed by atoms with E-state index in [4.69, 9.17) is 4.74 Å².